The summed E-state index contributed by atoms with van der Waals surface area (Å²) in [5, 5.41) is 22.9. The molecule has 1 amide bonds. The summed E-state index contributed by atoms with van der Waals surface area (Å²) in [5.41, 5.74) is 0.612. The molecular weight excluding hydrogens is 396 g/mol. The van der Waals surface area contributed by atoms with Crippen LogP contribution in [0.5, 0.6) is 5.75 Å². The number of non-ortho nitro benzene ring substituents is 1. The van der Waals surface area contributed by atoms with Crippen molar-refractivity contribution in [3.8, 4) is 5.75 Å². The first kappa shape index (κ1) is 18.4. The number of phenolic OH excluding ortho intramolecular Hbond substituents is 1. The van der Waals surface area contributed by atoms with Gasteiger partial charge in [0.2, 0.25) is 0 Å². The quantitative estimate of drug-likeness (QED) is 0.445. The minimum Gasteiger partial charge on any atom is -0.507 e. The Morgan fingerprint density at radius 2 is 2.00 bits per heavy atom. The predicted molar refractivity (Wildman–Crippen MR) is 92.6 cm³/mol. The molecule has 2 aromatic carbocycles. The van der Waals surface area contributed by atoms with Gasteiger partial charge in [-0.05, 0) is 30.7 Å². The van der Waals surface area contributed by atoms with E-state index in [-0.39, 0.29) is 22.7 Å². The van der Waals surface area contributed by atoms with Gasteiger partial charge in [0.25, 0.3) is 11.6 Å². The normalized spacial score (nSPS) is 10.2. The number of benzene rings is 2. The van der Waals surface area contributed by atoms with E-state index in [4.69, 9.17) is 4.74 Å². The van der Waals surface area contributed by atoms with Crippen molar-refractivity contribution in [3.63, 3.8) is 0 Å². The van der Waals surface area contributed by atoms with E-state index < -0.39 is 23.4 Å². The number of carbonyl (C=O) groups is 2. The molecule has 0 heterocycles. The van der Waals surface area contributed by atoms with Crippen molar-refractivity contribution < 1.29 is 24.4 Å². The maximum Gasteiger partial charge on any atom is 0.342 e. The fourth-order valence-electron chi connectivity index (χ4n) is 1.93. The molecule has 0 aliphatic heterocycles. The van der Waals surface area contributed by atoms with Crippen LogP contribution in [0.3, 0.4) is 0 Å². The number of aromatic hydroxyl groups is 1. The van der Waals surface area contributed by atoms with Crippen LogP contribution in [-0.4, -0.2) is 28.5 Å². The molecule has 0 unspecified atom stereocenters. The Bertz CT molecular complexity index is 853. The number of halogens is 1. The zero-order valence-corrected chi connectivity index (χ0v) is 14.6. The fourth-order valence-corrected chi connectivity index (χ4v) is 2.29. The maximum absolute atomic E-state index is 11.9. The number of rotatable bonds is 5. The number of hydrogen-bond acceptors (Lipinski definition) is 6. The third-order valence-corrected chi connectivity index (χ3v) is 3.71. The van der Waals surface area contributed by atoms with Crippen LogP contribution in [0, 0.1) is 17.0 Å². The van der Waals surface area contributed by atoms with Crippen LogP contribution in [0.4, 0.5) is 11.4 Å². The van der Waals surface area contributed by atoms with Crippen molar-refractivity contribution in [2.75, 3.05) is 11.9 Å². The van der Waals surface area contributed by atoms with Crippen molar-refractivity contribution >= 4 is 39.2 Å². The summed E-state index contributed by atoms with van der Waals surface area (Å²) in [6.07, 6.45) is 0. The average molecular weight is 409 g/mol. The third-order valence-electron chi connectivity index (χ3n) is 3.22. The lowest BCUT2D eigenvalue weighted by molar-refractivity contribution is -0.384. The molecule has 0 fully saturated rings. The molecule has 0 saturated carbocycles. The molecule has 25 heavy (non-hydrogen) atoms. The largest absolute Gasteiger partial charge is 0.507 e. The fraction of sp³-hybridized carbons (Fsp3) is 0.125. The van der Waals surface area contributed by atoms with Gasteiger partial charge in [0.05, 0.1) is 10.6 Å². The Balaban J connectivity index is 2.01. The smallest absolute Gasteiger partial charge is 0.342 e. The Kier molecular flexibility index (Phi) is 5.71. The number of esters is 1. The minimum absolute atomic E-state index is 0.0892. The highest BCUT2D eigenvalue weighted by molar-refractivity contribution is 9.10. The van der Waals surface area contributed by atoms with E-state index in [0.29, 0.717) is 10.0 Å². The molecule has 0 aromatic heterocycles. The molecule has 0 aliphatic carbocycles. The van der Waals surface area contributed by atoms with Gasteiger partial charge in [-0.1, -0.05) is 22.0 Å². The van der Waals surface area contributed by atoms with Crippen LogP contribution in [0.25, 0.3) is 0 Å². The highest BCUT2D eigenvalue weighted by Gasteiger charge is 2.16. The van der Waals surface area contributed by atoms with E-state index in [2.05, 4.69) is 21.2 Å². The van der Waals surface area contributed by atoms with Crippen LogP contribution in [0.1, 0.15) is 15.9 Å². The molecule has 2 N–H and O–H groups in total. The highest BCUT2D eigenvalue weighted by Crippen LogP contribution is 2.23. The molecule has 0 aliphatic rings. The van der Waals surface area contributed by atoms with E-state index in [1.54, 1.807) is 13.0 Å². The third kappa shape index (κ3) is 4.77. The van der Waals surface area contributed by atoms with E-state index in [1.165, 1.54) is 30.3 Å². The van der Waals surface area contributed by atoms with Gasteiger partial charge in [0.15, 0.2) is 6.61 Å². The number of ether oxygens (including phenoxy) is 1. The second kappa shape index (κ2) is 7.75. The summed E-state index contributed by atoms with van der Waals surface area (Å²) >= 11 is 3.16. The second-order valence-electron chi connectivity index (χ2n) is 5.04. The highest BCUT2D eigenvalue weighted by atomic mass is 79.9. The van der Waals surface area contributed by atoms with Gasteiger partial charge in [0, 0.05) is 16.6 Å². The first-order valence-corrected chi connectivity index (χ1v) is 7.78. The zero-order chi connectivity index (χ0) is 18.6. The summed E-state index contributed by atoms with van der Waals surface area (Å²) in [6.45, 7) is 1.07. The zero-order valence-electron chi connectivity index (χ0n) is 13.0. The molecule has 2 aromatic rings. The maximum atomic E-state index is 11.9. The number of nitrogens with one attached hydrogen (secondary N) is 1. The van der Waals surface area contributed by atoms with Crippen molar-refractivity contribution in [1.29, 1.82) is 0 Å². The van der Waals surface area contributed by atoms with Crippen molar-refractivity contribution in [2.24, 2.45) is 0 Å². The summed E-state index contributed by atoms with van der Waals surface area (Å²) in [5.74, 6) is -1.81. The van der Waals surface area contributed by atoms with Crippen LogP contribution in [-0.2, 0) is 9.53 Å². The molecule has 0 atom stereocenters. The monoisotopic (exact) mass is 408 g/mol. The number of anilines is 1. The van der Waals surface area contributed by atoms with Gasteiger partial charge in [-0.3, -0.25) is 14.9 Å². The average Bonchev–Trinajstić information content (AvgIpc) is 2.56. The first-order chi connectivity index (χ1) is 11.8. The molecule has 0 saturated heterocycles. The van der Waals surface area contributed by atoms with Gasteiger partial charge in [0.1, 0.15) is 11.3 Å². The summed E-state index contributed by atoms with van der Waals surface area (Å²) < 4.78 is 5.41. The molecule has 2 rings (SSSR count). The Morgan fingerprint density at radius 1 is 1.28 bits per heavy atom. The summed E-state index contributed by atoms with van der Waals surface area (Å²) in [4.78, 5) is 34.0. The van der Waals surface area contributed by atoms with E-state index >= 15 is 0 Å². The van der Waals surface area contributed by atoms with Crippen molar-refractivity contribution in [2.45, 2.75) is 6.92 Å². The number of nitrogens with zero attached hydrogens (tertiary/aromatic N) is 1. The number of phenols is 1. The molecule has 0 bridgehead atoms. The molecule has 0 spiro atoms. The topological polar surface area (TPSA) is 119 Å². The Hall–Kier alpha value is -2.94. The van der Waals surface area contributed by atoms with Crippen LogP contribution >= 0.6 is 15.9 Å². The van der Waals surface area contributed by atoms with E-state index in [0.717, 1.165) is 0 Å². The second-order valence-corrected chi connectivity index (χ2v) is 5.96. The Morgan fingerprint density at radius 3 is 2.68 bits per heavy atom. The van der Waals surface area contributed by atoms with Gasteiger partial charge in [-0.2, -0.15) is 0 Å². The lowest BCUT2D eigenvalue weighted by atomic mass is 10.2. The van der Waals surface area contributed by atoms with Crippen molar-refractivity contribution in [1.82, 2.24) is 0 Å². The number of nitro groups is 1. The number of aryl methyl sites for hydroxylation is 1. The number of carbonyl (C=O) groups excluding carboxylic acids is 2. The molecule has 9 heteroatoms. The Labute approximate surface area is 150 Å². The molecule has 8 nitrogen and oxygen atoms in total. The molecule has 130 valence electrons. The number of hydrogen-bond donors (Lipinski definition) is 2. The minimum atomic E-state index is -0.871. The van der Waals surface area contributed by atoms with Crippen LogP contribution in [0.15, 0.2) is 40.9 Å². The standard InChI is InChI=1S/C16H13BrN2O6/c1-9-2-4-11(19(23)24)7-13(9)18-15(21)8-25-16(22)12-6-10(17)3-5-14(12)20/h2-7,20H,8H2,1H3,(H,18,21). The predicted octanol–water partition coefficient (Wildman–Crippen LogP) is 3.17. The van der Waals surface area contributed by atoms with Crippen molar-refractivity contribution in [3.05, 3.63) is 62.1 Å². The first-order valence-electron chi connectivity index (χ1n) is 6.98. The SMILES string of the molecule is Cc1ccc([N+](=O)[O-])cc1NC(=O)COC(=O)c1cc(Br)ccc1O. The van der Waals surface area contributed by atoms with Crippen LogP contribution < -0.4 is 5.32 Å². The van der Waals surface area contributed by atoms with Gasteiger partial charge in [-0.15, -0.1) is 0 Å². The van der Waals surface area contributed by atoms with Crippen LogP contribution in [0.2, 0.25) is 0 Å². The molecule has 0 radical (unpaired) electrons. The number of amides is 1. The molecular formula is C16H13BrN2O6. The van der Waals surface area contributed by atoms with Gasteiger partial charge in [-0.25, -0.2) is 4.79 Å². The van der Waals surface area contributed by atoms with E-state index in [9.17, 15) is 24.8 Å². The summed E-state index contributed by atoms with van der Waals surface area (Å²) in [7, 11) is 0. The van der Waals surface area contributed by atoms with E-state index in [1.807, 2.05) is 0 Å². The lowest BCUT2D eigenvalue weighted by Crippen LogP contribution is -2.21. The van der Waals surface area contributed by atoms with Gasteiger partial charge >= 0.3 is 5.97 Å². The summed E-state index contributed by atoms with van der Waals surface area (Å²) in [6, 6.07) is 8.26. The number of nitro benzene ring substituents is 1. The lowest BCUT2D eigenvalue weighted by Gasteiger charge is -2.09. The van der Waals surface area contributed by atoms with Gasteiger partial charge < -0.3 is 15.2 Å².